The van der Waals surface area contributed by atoms with Gasteiger partial charge in [-0.2, -0.15) is 5.10 Å². The molecule has 1 N–H and O–H groups in total. The summed E-state index contributed by atoms with van der Waals surface area (Å²) in [5.41, 5.74) is 0.703. The van der Waals surface area contributed by atoms with Gasteiger partial charge >= 0.3 is 5.97 Å². The molecule has 0 amide bonds. The standard InChI is InChI=1S/C13H17N5O2/c1-9-7-11(17-12(16-9)13(19)20-3)15-10(2)8-18-6-4-5-14-18/h4-7,10H,8H2,1-3H3,(H,15,16,17). The maximum atomic E-state index is 11.5. The van der Waals surface area contributed by atoms with Crippen molar-refractivity contribution in [1.82, 2.24) is 19.7 Å². The number of hydrogen-bond acceptors (Lipinski definition) is 6. The van der Waals surface area contributed by atoms with Gasteiger partial charge in [0.25, 0.3) is 0 Å². The average Bonchev–Trinajstić information content (AvgIpc) is 2.89. The van der Waals surface area contributed by atoms with Gasteiger partial charge in [0.15, 0.2) is 0 Å². The number of methoxy groups -OCH3 is 1. The van der Waals surface area contributed by atoms with E-state index in [1.54, 1.807) is 19.2 Å². The van der Waals surface area contributed by atoms with Gasteiger partial charge in [-0.3, -0.25) is 4.68 Å². The van der Waals surface area contributed by atoms with Crippen LogP contribution in [0.5, 0.6) is 0 Å². The number of aromatic nitrogens is 4. The molecule has 2 heterocycles. The fraction of sp³-hybridized carbons (Fsp3) is 0.385. The highest BCUT2D eigenvalue weighted by molar-refractivity contribution is 5.85. The van der Waals surface area contributed by atoms with Crippen molar-refractivity contribution in [2.24, 2.45) is 0 Å². The van der Waals surface area contributed by atoms with Crippen LogP contribution in [0, 0.1) is 6.92 Å². The first kappa shape index (κ1) is 14.0. The highest BCUT2D eigenvalue weighted by atomic mass is 16.5. The zero-order valence-corrected chi connectivity index (χ0v) is 11.7. The Kier molecular flexibility index (Phi) is 4.29. The van der Waals surface area contributed by atoms with Crippen molar-refractivity contribution in [1.29, 1.82) is 0 Å². The first-order chi connectivity index (χ1) is 9.58. The molecule has 2 rings (SSSR count). The Morgan fingerprint density at radius 1 is 1.50 bits per heavy atom. The van der Waals surface area contributed by atoms with E-state index in [0.29, 0.717) is 18.1 Å². The maximum absolute atomic E-state index is 11.5. The summed E-state index contributed by atoms with van der Waals surface area (Å²) in [4.78, 5) is 19.7. The van der Waals surface area contributed by atoms with Crippen molar-refractivity contribution in [3.05, 3.63) is 36.0 Å². The number of esters is 1. The van der Waals surface area contributed by atoms with E-state index < -0.39 is 5.97 Å². The molecular weight excluding hydrogens is 258 g/mol. The van der Waals surface area contributed by atoms with Gasteiger partial charge in [-0.1, -0.05) is 0 Å². The van der Waals surface area contributed by atoms with Crippen LogP contribution in [0.1, 0.15) is 23.2 Å². The van der Waals surface area contributed by atoms with Gasteiger partial charge in [0.2, 0.25) is 5.82 Å². The van der Waals surface area contributed by atoms with Gasteiger partial charge < -0.3 is 10.1 Å². The fourth-order valence-electron chi connectivity index (χ4n) is 1.81. The Morgan fingerprint density at radius 3 is 2.95 bits per heavy atom. The number of carbonyl (C=O) groups excluding carboxylic acids is 1. The Morgan fingerprint density at radius 2 is 2.30 bits per heavy atom. The number of nitrogens with one attached hydrogen (secondary N) is 1. The second kappa shape index (κ2) is 6.14. The van der Waals surface area contributed by atoms with Crippen LogP contribution in [0.2, 0.25) is 0 Å². The molecule has 2 aromatic rings. The average molecular weight is 275 g/mol. The van der Waals surface area contributed by atoms with Gasteiger partial charge in [0.05, 0.1) is 13.7 Å². The Bertz CT molecular complexity index is 582. The number of aryl methyl sites for hydroxylation is 1. The Balaban J connectivity index is 2.08. The van der Waals surface area contributed by atoms with Crippen LogP contribution < -0.4 is 5.32 Å². The van der Waals surface area contributed by atoms with Gasteiger partial charge in [0, 0.05) is 30.2 Å². The van der Waals surface area contributed by atoms with Crippen molar-refractivity contribution in [2.45, 2.75) is 26.4 Å². The van der Waals surface area contributed by atoms with Gasteiger partial charge in [-0.25, -0.2) is 14.8 Å². The number of hydrogen-bond donors (Lipinski definition) is 1. The van der Waals surface area contributed by atoms with Crippen LogP contribution in [-0.2, 0) is 11.3 Å². The van der Waals surface area contributed by atoms with Crippen molar-refractivity contribution in [2.75, 3.05) is 12.4 Å². The van der Waals surface area contributed by atoms with Crippen LogP contribution in [-0.4, -0.2) is 38.9 Å². The first-order valence-electron chi connectivity index (χ1n) is 6.26. The minimum absolute atomic E-state index is 0.0567. The van der Waals surface area contributed by atoms with Crippen LogP contribution in [0.4, 0.5) is 5.82 Å². The molecule has 0 spiro atoms. The summed E-state index contributed by atoms with van der Waals surface area (Å²) in [6.07, 6.45) is 3.63. The van der Waals surface area contributed by atoms with Crippen molar-refractivity contribution < 1.29 is 9.53 Å². The molecule has 0 saturated heterocycles. The summed E-state index contributed by atoms with van der Waals surface area (Å²) in [5.74, 6) is 0.107. The summed E-state index contributed by atoms with van der Waals surface area (Å²) in [6, 6.07) is 3.76. The molecule has 20 heavy (non-hydrogen) atoms. The van der Waals surface area contributed by atoms with E-state index in [2.05, 4.69) is 25.1 Å². The lowest BCUT2D eigenvalue weighted by molar-refractivity contribution is 0.0586. The SMILES string of the molecule is COC(=O)c1nc(C)cc(NC(C)Cn2cccn2)n1. The lowest BCUT2D eigenvalue weighted by Crippen LogP contribution is -2.23. The number of nitrogens with zero attached hydrogens (tertiary/aromatic N) is 4. The Labute approximate surface area is 117 Å². The van der Waals surface area contributed by atoms with Crippen molar-refractivity contribution >= 4 is 11.8 Å². The second-order valence-electron chi connectivity index (χ2n) is 4.48. The number of anilines is 1. The minimum atomic E-state index is -0.545. The topological polar surface area (TPSA) is 81.9 Å². The van der Waals surface area contributed by atoms with Crippen LogP contribution >= 0.6 is 0 Å². The molecule has 106 valence electrons. The molecule has 0 bridgehead atoms. The second-order valence-corrected chi connectivity index (χ2v) is 4.48. The third kappa shape index (κ3) is 3.53. The summed E-state index contributed by atoms with van der Waals surface area (Å²) in [5, 5.41) is 7.36. The Hall–Kier alpha value is -2.44. The fourth-order valence-corrected chi connectivity index (χ4v) is 1.81. The van der Waals surface area contributed by atoms with Gasteiger partial charge in [-0.15, -0.1) is 0 Å². The summed E-state index contributed by atoms with van der Waals surface area (Å²) >= 11 is 0. The zero-order valence-electron chi connectivity index (χ0n) is 11.7. The van der Waals surface area contributed by atoms with E-state index >= 15 is 0 Å². The molecule has 1 unspecified atom stereocenters. The molecule has 1 atom stereocenters. The summed E-state index contributed by atoms with van der Waals surface area (Å²) in [6.45, 7) is 4.51. The molecule has 0 saturated carbocycles. The zero-order chi connectivity index (χ0) is 14.5. The first-order valence-corrected chi connectivity index (χ1v) is 6.26. The molecule has 2 aromatic heterocycles. The summed E-state index contributed by atoms with van der Waals surface area (Å²) < 4.78 is 6.46. The quantitative estimate of drug-likeness (QED) is 0.827. The predicted octanol–water partition coefficient (Wildman–Crippen LogP) is 1.27. The van der Waals surface area contributed by atoms with Crippen LogP contribution in [0.15, 0.2) is 24.5 Å². The van der Waals surface area contributed by atoms with Gasteiger partial charge in [-0.05, 0) is 19.9 Å². The third-order valence-electron chi connectivity index (χ3n) is 2.64. The lowest BCUT2D eigenvalue weighted by atomic mass is 10.3. The van der Waals surface area contributed by atoms with E-state index in [4.69, 9.17) is 0 Å². The van der Waals surface area contributed by atoms with E-state index in [0.717, 1.165) is 0 Å². The summed E-state index contributed by atoms with van der Waals surface area (Å²) in [7, 11) is 1.31. The monoisotopic (exact) mass is 275 g/mol. The van der Waals surface area contributed by atoms with E-state index in [-0.39, 0.29) is 11.9 Å². The largest absolute Gasteiger partial charge is 0.463 e. The molecule has 0 fully saturated rings. The highest BCUT2D eigenvalue weighted by Crippen LogP contribution is 2.09. The molecule has 0 aliphatic heterocycles. The normalized spacial score (nSPS) is 11.9. The van der Waals surface area contributed by atoms with Gasteiger partial charge in [0.1, 0.15) is 5.82 Å². The number of rotatable bonds is 5. The van der Waals surface area contributed by atoms with Crippen LogP contribution in [0.25, 0.3) is 0 Å². The number of carbonyl (C=O) groups is 1. The third-order valence-corrected chi connectivity index (χ3v) is 2.64. The van der Waals surface area contributed by atoms with Crippen molar-refractivity contribution in [3.63, 3.8) is 0 Å². The van der Waals surface area contributed by atoms with E-state index in [1.807, 2.05) is 23.9 Å². The molecular formula is C13H17N5O2. The number of ether oxygens (including phenoxy) is 1. The van der Waals surface area contributed by atoms with Crippen LogP contribution in [0.3, 0.4) is 0 Å². The lowest BCUT2D eigenvalue weighted by Gasteiger charge is -2.15. The smallest absolute Gasteiger partial charge is 0.376 e. The highest BCUT2D eigenvalue weighted by Gasteiger charge is 2.12. The molecule has 0 radical (unpaired) electrons. The molecule has 0 aliphatic carbocycles. The predicted molar refractivity (Wildman–Crippen MR) is 73.4 cm³/mol. The van der Waals surface area contributed by atoms with E-state index in [9.17, 15) is 4.79 Å². The molecule has 0 aromatic carbocycles. The molecule has 7 nitrogen and oxygen atoms in total. The molecule has 7 heteroatoms. The maximum Gasteiger partial charge on any atom is 0.376 e. The minimum Gasteiger partial charge on any atom is -0.463 e. The van der Waals surface area contributed by atoms with E-state index in [1.165, 1.54) is 7.11 Å². The molecule has 0 aliphatic rings. The van der Waals surface area contributed by atoms with Crippen molar-refractivity contribution in [3.8, 4) is 0 Å².